The molecule has 0 atom stereocenters. The Bertz CT molecular complexity index is 684. The molecule has 22 heavy (non-hydrogen) atoms. The van der Waals surface area contributed by atoms with E-state index in [2.05, 4.69) is 15.5 Å². The summed E-state index contributed by atoms with van der Waals surface area (Å²) in [5, 5.41) is 4.07. The molecule has 2 aromatic rings. The van der Waals surface area contributed by atoms with Gasteiger partial charge >= 0.3 is 0 Å². The maximum Gasteiger partial charge on any atom is 0.271 e. The van der Waals surface area contributed by atoms with Crippen molar-refractivity contribution in [2.45, 2.75) is 6.92 Å². The van der Waals surface area contributed by atoms with Gasteiger partial charge in [-0.1, -0.05) is 6.07 Å². The standard InChI is InChI=1S/C16H17N3O3/c1-11(13-5-4-8-17-10-13)18-19-16(20)12-6-7-14(21-2)15(9-12)22-3/h4-10H,1-3H3,(H,19,20). The van der Waals surface area contributed by atoms with E-state index in [0.29, 0.717) is 22.8 Å². The second-order valence-corrected chi connectivity index (χ2v) is 4.45. The fourth-order valence-electron chi connectivity index (χ4n) is 1.82. The van der Waals surface area contributed by atoms with Gasteiger partial charge in [-0.15, -0.1) is 0 Å². The van der Waals surface area contributed by atoms with E-state index in [0.717, 1.165) is 5.56 Å². The minimum Gasteiger partial charge on any atom is -0.493 e. The summed E-state index contributed by atoms with van der Waals surface area (Å²) in [5.74, 6) is 0.724. The average Bonchev–Trinajstić information content (AvgIpc) is 2.59. The third kappa shape index (κ3) is 3.60. The van der Waals surface area contributed by atoms with Gasteiger partial charge in [0.2, 0.25) is 0 Å². The van der Waals surface area contributed by atoms with Crippen LogP contribution in [-0.4, -0.2) is 30.8 Å². The molecule has 1 amide bonds. The van der Waals surface area contributed by atoms with Gasteiger partial charge in [-0.3, -0.25) is 9.78 Å². The van der Waals surface area contributed by atoms with Crippen LogP contribution in [0.4, 0.5) is 0 Å². The summed E-state index contributed by atoms with van der Waals surface area (Å²) >= 11 is 0. The number of aromatic nitrogens is 1. The molecule has 0 unspecified atom stereocenters. The van der Waals surface area contributed by atoms with Crippen LogP contribution in [0.15, 0.2) is 47.8 Å². The normalized spacial score (nSPS) is 11.0. The molecule has 0 saturated heterocycles. The van der Waals surface area contributed by atoms with Crippen molar-refractivity contribution in [1.82, 2.24) is 10.4 Å². The smallest absolute Gasteiger partial charge is 0.271 e. The van der Waals surface area contributed by atoms with Crippen LogP contribution in [0.3, 0.4) is 0 Å². The first-order chi connectivity index (χ1) is 10.7. The summed E-state index contributed by atoms with van der Waals surface area (Å²) in [5.41, 5.74) is 4.45. The van der Waals surface area contributed by atoms with E-state index in [1.165, 1.54) is 7.11 Å². The Hall–Kier alpha value is -2.89. The summed E-state index contributed by atoms with van der Waals surface area (Å²) < 4.78 is 10.3. The predicted molar refractivity (Wildman–Crippen MR) is 83.5 cm³/mol. The van der Waals surface area contributed by atoms with E-state index in [4.69, 9.17) is 9.47 Å². The Kier molecular flexibility index (Phi) is 5.08. The first kappa shape index (κ1) is 15.5. The highest BCUT2D eigenvalue weighted by Gasteiger charge is 2.10. The van der Waals surface area contributed by atoms with Crippen molar-refractivity contribution in [3.63, 3.8) is 0 Å². The minimum absolute atomic E-state index is 0.329. The highest BCUT2D eigenvalue weighted by atomic mass is 16.5. The Morgan fingerprint density at radius 1 is 1.14 bits per heavy atom. The number of nitrogens with one attached hydrogen (secondary N) is 1. The molecule has 1 aromatic heterocycles. The fourth-order valence-corrected chi connectivity index (χ4v) is 1.82. The van der Waals surface area contributed by atoms with Crippen LogP contribution >= 0.6 is 0 Å². The Labute approximate surface area is 128 Å². The monoisotopic (exact) mass is 299 g/mol. The zero-order valence-corrected chi connectivity index (χ0v) is 12.7. The molecular weight excluding hydrogens is 282 g/mol. The molecule has 0 spiro atoms. The van der Waals surface area contributed by atoms with Crippen LogP contribution in [-0.2, 0) is 0 Å². The molecule has 0 radical (unpaired) electrons. The van der Waals surface area contributed by atoms with Crippen LogP contribution in [0.5, 0.6) is 11.5 Å². The zero-order chi connectivity index (χ0) is 15.9. The Balaban J connectivity index is 2.12. The van der Waals surface area contributed by atoms with Gasteiger partial charge in [0.05, 0.1) is 19.9 Å². The quantitative estimate of drug-likeness (QED) is 0.679. The summed E-state index contributed by atoms with van der Waals surface area (Å²) in [6.45, 7) is 1.80. The number of benzene rings is 1. The van der Waals surface area contributed by atoms with Crippen LogP contribution in [0.25, 0.3) is 0 Å². The number of hydrogen-bond donors (Lipinski definition) is 1. The van der Waals surface area contributed by atoms with Crippen molar-refractivity contribution >= 4 is 11.6 Å². The third-order valence-electron chi connectivity index (χ3n) is 3.05. The van der Waals surface area contributed by atoms with E-state index in [-0.39, 0.29) is 5.91 Å². The zero-order valence-electron chi connectivity index (χ0n) is 12.7. The molecule has 2 rings (SSSR count). The number of carbonyl (C=O) groups is 1. The first-order valence-electron chi connectivity index (χ1n) is 6.62. The van der Waals surface area contributed by atoms with E-state index in [9.17, 15) is 4.79 Å². The maximum atomic E-state index is 12.1. The number of ether oxygens (including phenoxy) is 2. The van der Waals surface area contributed by atoms with Gasteiger partial charge in [-0.2, -0.15) is 5.10 Å². The predicted octanol–water partition coefficient (Wildman–Crippen LogP) is 2.25. The van der Waals surface area contributed by atoms with Gasteiger partial charge < -0.3 is 9.47 Å². The van der Waals surface area contributed by atoms with Gasteiger partial charge in [-0.25, -0.2) is 5.43 Å². The van der Waals surface area contributed by atoms with Gasteiger partial charge in [0, 0.05) is 23.5 Å². The molecule has 0 aliphatic carbocycles. The van der Waals surface area contributed by atoms with Gasteiger partial charge in [0.1, 0.15) is 0 Å². The molecule has 1 aromatic carbocycles. The lowest BCUT2D eigenvalue weighted by Crippen LogP contribution is -2.19. The topological polar surface area (TPSA) is 72.8 Å². The largest absolute Gasteiger partial charge is 0.493 e. The van der Waals surface area contributed by atoms with Crippen molar-refractivity contribution < 1.29 is 14.3 Å². The van der Waals surface area contributed by atoms with Crippen molar-refractivity contribution in [2.24, 2.45) is 5.10 Å². The van der Waals surface area contributed by atoms with Gasteiger partial charge in [-0.05, 0) is 31.2 Å². The van der Waals surface area contributed by atoms with E-state index < -0.39 is 0 Å². The number of amides is 1. The summed E-state index contributed by atoms with van der Waals surface area (Å²) in [7, 11) is 3.06. The van der Waals surface area contributed by atoms with Crippen molar-refractivity contribution in [2.75, 3.05) is 14.2 Å². The van der Waals surface area contributed by atoms with Gasteiger partial charge in [0.15, 0.2) is 11.5 Å². The molecular formula is C16H17N3O3. The molecule has 1 heterocycles. The van der Waals surface area contributed by atoms with Crippen LogP contribution in [0.1, 0.15) is 22.8 Å². The number of methoxy groups -OCH3 is 2. The second kappa shape index (κ2) is 7.21. The first-order valence-corrected chi connectivity index (χ1v) is 6.62. The number of rotatable bonds is 5. The highest BCUT2D eigenvalue weighted by molar-refractivity contribution is 6.00. The molecule has 0 bridgehead atoms. The lowest BCUT2D eigenvalue weighted by molar-refractivity contribution is 0.0954. The Morgan fingerprint density at radius 2 is 1.91 bits per heavy atom. The number of hydrogen-bond acceptors (Lipinski definition) is 5. The number of carbonyl (C=O) groups excluding carboxylic acids is 1. The molecule has 1 N–H and O–H groups in total. The lowest BCUT2D eigenvalue weighted by atomic mass is 10.2. The number of pyridine rings is 1. The van der Waals surface area contributed by atoms with E-state index in [1.54, 1.807) is 44.6 Å². The molecule has 6 heteroatoms. The molecule has 114 valence electrons. The van der Waals surface area contributed by atoms with E-state index >= 15 is 0 Å². The number of hydrazone groups is 1. The lowest BCUT2D eigenvalue weighted by Gasteiger charge is -2.09. The minimum atomic E-state index is -0.329. The molecule has 6 nitrogen and oxygen atoms in total. The fraction of sp³-hybridized carbons (Fsp3) is 0.188. The van der Waals surface area contributed by atoms with Crippen molar-refractivity contribution in [3.05, 3.63) is 53.9 Å². The summed E-state index contributed by atoms with van der Waals surface area (Å²) in [4.78, 5) is 16.1. The molecule has 0 aliphatic heterocycles. The van der Waals surface area contributed by atoms with Crippen LogP contribution in [0.2, 0.25) is 0 Å². The average molecular weight is 299 g/mol. The molecule has 0 aliphatic rings. The summed E-state index contributed by atoms with van der Waals surface area (Å²) in [6, 6.07) is 8.60. The van der Waals surface area contributed by atoms with Crippen molar-refractivity contribution in [1.29, 1.82) is 0 Å². The molecule has 0 saturated carbocycles. The maximum absolute atomic E-state index is 12.1. The number of nitrogens with zero attached hydrogens (tertiary/aromatic N) is 2. The summed E-state index contributed by atoms with van der Waals surface area (Å²) in [6.07, 6.45) is 3.36. The highest BCUT2D eigenvalue weighted by Crippen LogP contribution is 2.27. The second-order valence-electron chi connectivity index (χ2n) is 4.45. The molecule has 0 fully saturated rings. The van der Waals surface area contributed by atoms with Crippen LogP contribution in [0, 0.1) is 0 Å². The van der Waals surface area contributed by atoms with Crippen molar-refractivity contribution in [3.8, 4) is 11.5 Å². The van der Waals surface area contributed by atoms with Crippen LogP contribution < -0.4 is 14.9 Å². The van der Waals surface area contributed by atoms with E-state index in [1.807, 2.05) is 12.1 Å². The van der Waals surface area contributed by atoms with Gasteiger partial charge in [0.25, 0.3) is 5.91 Å². The third-order valence-corrected chi connectivity index (χ3v) is 3.05. The SMILES string of the molecule is COc1ccc(C(=O)NN=C(C)c2cccnc2)cc1OC. The Morgan fingerprint density at radius 3 is 2.55 bits per heavy atom.